The maximum absolute atomic E-state index is 12.7. The van der Waals surface area contributed by atoms with Crippen molar-refractivity contribution in [2.24, 2.45) is 16.9 Å². The topological polar surface area (TPSA) is 83.5 Å². The molecule has 9 heteroatoms. The first-order valence-corrected chi connectivity index (χ1v) is 12.5. The molecule has 1 saturated heterocycles. The van der Waals surface area contributed by atoms with Crippen LogP contribution in [0.15, 0.2) is 29.9 Å². The van der Waals surface area contributed by atoms with Gasteiger partial charge >= 0.3 is 0 Å². The summed E-state index contributed by atoms with van der Waals surface area (Å²) in [4.78, 5) is 29.0. The van der Waals surface area contributed by atoms with Crippen molar-refractivity contribution >= 4 is 40.9 Å². The van der Waals surface area contributed by atoms with E-state index in [1.165, 1.54) is 11.2 Å². The van der Waals surface area contributed by atoms with Gasteiger partial charge in [-0.2, -0.15) is 5.10 Å². The Bertz CT molecular complexity index is 970. The Morgan fingerprint density at radius 2 is 2.06 bits per heavy atom. The van der Waals surface area contributed by atoms with Gasteiger partial charge in [0.25, 0.3) is 0 Å². The lowest BCUT2D eigenvalue weighted by Crippen LogP contribution is -2.42. The SMILES string of the molecule is C=C(c1cc(CCN(CC(=O)N(C)/C=N/NC(=S)C2CC2)C(=O)CC)ccc1OC)C1CCOC1. The molecule has 3 rings (SSSR count). The molecule has 0 radical (unpaired) electrons. The zero-order chi connectivity index (χ0) is 25.4. The normalized spacial score (nSPS) is 17.3. The third kappa shape index (κ3) is 7.60. The summed E-state index contributed by atoms with van der Waals surface area (Å²) in [6, 6.07) is 6.00. The number of carbonyl (C=O) groups is 2. The summed E-state index contributed by atoms with van der Waals surface area (Å²) in [5.41, 5.74) is 5.84. The minimum absolute atomic E-state index is 0.0165. The third-order valence-electron chi connectivity index (χ3n) is 6.43. The van der Waals surface area contributed by atoms with E-state index in [1.807, 2.05) is 12.1 Å². The van der Waals surface area contributed by atoms with Crippen molar-refractivity contribution in [2.75, 3.05) is 40.5 Å². The summed E-state index contributed by atoms with van der Waals surface area (Å²) in [5.74, 6) is 1.17. The number of nitrogens with one attached hydrogen (secondary N) is 1. The number of methoxy groups -OCH3 is 1. The van der Waals surface area contributed by atoms with Crippen LogP contribution >= 0.6 is 12.2 Å². The van der Waals surface area contributed by atoms with E-state index >= 15 is 0 Å². The Morgan fingerprint density at radius 1 is 1.29 bits per heavy atom. The summed E-state index contributed by atoms with van der Waals surface area (Å²) in [6.45, 7) is 7.93. The van der Waals surface area contributed by atoms with Gasteiger partial charge in [0.2, 0.25) is 11.8 Å². The van der Waals surface area contributed by atoms with E-state index in [1.54, 1.807) is 26.0 Å². The number of hydrazone groups is 1. The van der Waals surface area contributed by atoms with E-state index in [0.717, 1.165) is 48.3 Å². The van der Waals surface area contributed by atoms with E-state index in [9.17, 15) is 9.59 Å². The van der Waals surface area contributed by atoms with Gasteiger partial charge < -0.3 is 19.3 Å². The molecule has 2 fully saturated rings. The standard InChI is InChI=1S/C26H36N4O4S/c1-5-24(31)30(15-25(32)29(3)17-27-28-26(35)20-7-8-20)12-10-19-6-9-23(33-4)22(14-19)18(2)21-11-13-34-16-21/h6,9,14,17,20-21H,2,5,7-8,10-13,15-16H2,1,3-4H3,(H,28,35)/b27-17+. The predicted molar refractivity (Wildman–Crippen MR) is 141 cm³/mol. The lowest BCUT2D eigenvalue weighted by atomic mass is 9.91. The molecule has 1 aliphatic heterocycles. The number of nitrogens with zero attached hydrogens (tertiary/aromatic N) is 3. The van der Waals surface area contributed by atoms with Crippen LogP contribution in [0.5, 0.6) is 5.75 Å². The molecule has 1 saturated carbocycles. The van der Waals surface area contributed by atoms with E-state index in [-0.39, 0.29) is 24.3 Å². The molecule has 35 heavy (non-hydrogen) atoms. The summed E-state index contributed by atoms with van der Waals surface area (Å²) < 4.78 is 11.1. The summed E-state index contributed by atoms with van der Waals surface area (Å²) >= 11 is 5.23. The largest absolute Gasteiger partial charge is 0.496 e. The lowest BCUT2D eigenvalue weighted by molar-refractivity contribution is -0.137. The number of carbonyl (C=O) groups excluding carboxylic acids is 2. The maximum atomic E-state index is 12.7. The van der Waals surface area contributed by atoms with Gasteiger partial charge in [0.1, 0.15) is 18.6 Å². The number of benzene rings is 1. The molecule has 2 amide bonds. The number of likely N-dealkylation sites (N-methyl/N-ethyl adjacent to an activating group) is 1. The highest BCUT2D eigenvalue weighted by atomic mass is 32.1. The van der Waals surface area contributed by atoms with Crippen LogP contribution in [0.25, 0.3) is 5.57 Å². The van der Waals surface area contributed by atoms with Crippen LogP contribution in [0.3, 0.4) is 0 Å². The van der Waals surface area contributed by atoms with E-state index in [4.69, 9.17) is 21.7 Å². The van der Waals surface area contributed by atoms with E-state index in [0.29, 0.717) is 36.9 Å². The second-order valence-electron chi connectivity index (χ2n) is 9.04. The summed E-state index contributed by atoms with van der Waals surface area (Å²) in [6.07, 6.45) is 5.46. The zero-order valence-electron chi connectivity index (χ0n) is 20.9. The molecule has 2 aliphatic rings. The van der Waals surface area contributed by atoms with Gasteiger partial charge in [-0.25, -0.2) is 0 Å². The van der Waals surface area contributed by atoms with Gasteiger partial charge in [-0.15, -0.1) is 0 Å². The molecule has 1 aromatic rings. The van der Waals surface area contributed by atoms with Crippen LogP contribution in [0.2, 0.25) is 0 Å². The van der Waals surface area contributed by atoms with Crippen molar-refractivity contribution < 1.29 is 19.1 Å². The quantitative estimate of drug-likeness (QED) is 0.205. The summed E-state index contributed by atoms with van der Waals surface area (Å²) in [5, 5.41) is 4.05. The number of hydrogen-bond acceptors (Lipinski definition) is 6. The first-order chi connectivity index (χ1) is 16.8. The van der Waals surface area contributed by atoms with Gasteiger partial charge in [-0.3, -0.25) is 15.0 Å². The van der Waals surface area contributed by atoms with Crippen LogP contribution in [0, 0.1) is 11.8 Å². The van der Waals surface area contributed by atoms with Crippen LogP contribution in [-0.2, 0) is 20.7 Å². The van der Waals surface area contributed by atoms with Gasteiger partial charge in [0.05, 0.1) is 18.7 Å². The fraction of sp³-hybridized carbons (Fsp3) is 0.538. The number of ether oxygens (including phenoxy) is 2. The molecule has 8 nitrogen and oxygen atoms in total. The Morgan fingerprint density at radius 3 is 2.69 bits per heavy atom. The molecule has 1 heterocycles. The Kier molecular flexibility index (Phi) is 9.80. The lowest BCUT2D eigenvalue weighted by Gasteiger charge is -2.24. The monoisotopic (exact) mass is 500 g/mol. The van der Waals surface area contributed by atoms with Crippen LogP contribution in [0.1, 0.15) is 43.7 Å². The van der Waals surface area contributed by atoms with E-state index < -0.39 is 0 Å². The minimum atomic E-state index is -0.222. The second kappa shape index (κ2) is 12.8. The minimum Gasteiger partial charge on any atom is -0.496 e. The van der Waals surface area contributed by atoms with Crippen molar-refractivity contribution in [2.45, 2.75) is 39.0 Å². The summed E-state index contributed by atoms with van der Waals surface area (Å²) in [7, 11) is 3.27. The van der Waals surface area contributed by atoms with Gasteiger partial charge in [0, 0.05) is 44.0 Å². The van der Waals surface area contributed by atoms with Crippen molar-refractivity contribution in [3.63, 3.8) is 0 Å². The number of hydrogen-bond donors (Lipinski definition) is 1. The highest BCUT2D eigenvalue weighted by Crippen LogP contribution is 2.34. The fourth-order valence-electron chi connectivity index (χ4n) is 3.93. The highest BCUT2D eigenvalue weighted by Gasteiger charge is 2.26. The Hall–Kier alpha value is -2.78. The van der Waals surface area contributed by atoms with Gasteiger partial charge in [-0.1, -0.05) is 31.8 Å². The molecule has 1 atom stereocenters. The molecular weight excluding hydrogens is 464 g/mol. The fourth-order valence-corrected chi connectivity index (χ4v) is 4.21. The first kappa shape index (κ1) is 26.8. The second-order valence-corrected chi connectivity index (χ2v) is 9.48. The van der Waals surface area contributed by atoms with Crippen molar-refractivity contribution in [3.8, 4) is 5.75 Å². The average Bonchev–Trinajstić information content (AvgIpc) is 3.59. The molecule has 1 unspecified atom stereocenters. The molecule has 1 N–H and O–H groups in total. The number of rotatable bonds is 12. The van der Waals surface area contributed by atoms with E-state index in [2.05, 4.69) is 23.2 Å². The molecule has 1 aromatic carbocycles. The number of thiocarbonyl (C=S) groups is 1. The average molecular weight is 501 g/mol. The molecule has 0 spiro atoms. The van der Waals surface area contributed by atoms with Gasteiger partial charge in [0.15, 0.2) is 0 Å². The van der Waals surface area contributed by atoms with Crippen LogP contribution in [0.4, 0.5) is 0 Å². The molecule has 190 valence electrons. The first-order valence-electron chi connectivity index (χ1n) is 12.1. The molecule has 0 bridgehead atoms. The van der Waals surface area contributed by atoms with Crippen LogP contribution < -0.4 is 10.2 Å². The van der Waals surface area contributed by atoms with Gasteiger partial charge in [-0.05, 0) is 49.0 Å². The van der Waals surface area contributed by atoms with Crippen LogP contribution in [-0.4, -0.2) is 73.4 Å². The van der Waals surface area contributed by atoms with Crippen molar-refractivity contribution in [3.05, 3.63) is 35.9 Å². The van der Waals surface area contributed by atoms with Crippen molar-refractivity contribution in [1.29, 1.82) is 0 Å². The Labute approximate surface area is 213 Å². The third-order valence-corrected chi connectivity index (χ3v) is 6.86. The maximum Gasteiger partial charge on any atom is 0.247 e. The molecule has 0 aromatic heterocycles. The van der Waals surface area contributed by atoms with Crippen molar-refractivity contribution in [1.82, 2.24) is 15.2 Å². The molecule has 1 aliphatic carbocycles. The highest BCUT2D eigenvalue weighted by molar-refractivity contribution is 7.80. The number of amides is 2. The molecular formula is C26H36N4O4S. The Balaban J connectivity index is 1.61. The smallest absolute Gasteiger partial charge is 0.247 e. The predicted octanol–water partition coefficient (Wildman–Crippen LogP) is 3.25. The zero-order valence-corrected chi connectivity index (χ0v) is 21.7.